The zero-order valence-corrected chi connectivity index (χ0v) is 11.5. The van der Waals surface area contributed by atoms with Gasteiger partial charge in [-0.05, 0) is 18.6 Å². The number of nitrogens with one attached hydrogen (secondary N) is 1. The monoisotopic (exact) mass is 283 g/mol. The third-order valence-electron chi connectivity index (χ3n) is 2.64. The van der Waals surface area contributed by atoms with Gasteiger partial charge in [-0.3, -0.25) is 4.79 Å². The fourth-order valence-electron chi connectivity index (χ4n) is 1.65. The Labute approximate surface area is 117 Å². The molecule has 110 valence electrons. The lowest BCUT2D eigenvalue weighted by Gasteiger charge is -2.16. The Morgan fingerprint density at radius 3 is 2.65 bits per heavy atom. The second-order valence-corrected chi connectivity index (χ2v) is 4.08. The molecule has 0 heterocycles. The lowest BCUT2D eigenvalue weighted by Crippen LogP contribution is -2.44. The lowest BCUT2D eigenvalue weighted by molar-refractivity contribution is -0.145. The highest BCUT2D eigenvalue weighted by molar-refractivity contribution is 5.85. The summed E-state index contributed by atoms with van der Waals surface area (Å²) in [6.07, 6.45) is 0.0250. The summed E-state index contributed by atoms with van der Waals surface area (Å²) < 4.78 is 23.1. The molecule has 1 N–H and O–H groups in total. The Morgan fingerprint density at radius 1 is 1.35 bits per heavy atom. The number of carbonyl (C=O) groups is 2. The van der Waals surface area contributed by atoms with Crippen LogP contribution < -0.4 is 5.32 Å². The minimum Gasteiger partial charge on any atom is -0.467 e. The van der Waals surface area contributed by atoms with E-state index in [4.69, 9.17) is 4.74 Å². The van der Waals surface area contributed by atoms with E-state index in [-0.39, 0.29) is 13.0 Å². The number of carbonyl (C=O) groups excluding carboxylic acids is 2. The van der Waals surface area contributed by atoms with E-state index in [1.807, 2.05) is 0 Å². The van der Waals surface area contributed by atoms with E-state index < -0.39 is 23.7 Å². The molecule has 1 rings (SSSR count). The summed E-state index contributed by atoms with van der Waals surface area (Å²) in [5, 5.41) is 2.47. The van der Waals surface area contributed by atoms with Gasteiger partial charge >= 0.3 is 5.97 Å². The second kappa shape index (κ2) is 8.27. The molecule has 1 amide bonds. The quantitative estimate of drug-likeness (QED) is 0.760. The molecule has 1 aromatic rings. The van der Waals surface area contributed by atoms with Crippen LogP contribution in [0.25, 0.3) is 0 Å². The molecule has 0 saturated carbocycles. The summed E-state index contributed by atoms with van der Waals surface area (Å²) in [4.78, 5) is 23.2. The molecule has 0 aliphatic carbocycles. The fraction of sp³-hybridized carbons (Fsp3) is 0.429. The highest BCUT2D eigenvalue weighted by Gasteiger charge is 2.23. The summed E-state index contributed by atoms with van der Waals surface area (Å²) in [5.74, 6) is -1.50. The molecule has 1 atom stereocenters. The number of ether oxygens (including phenoxy) is 2. The van der Waals surface area contributed by atoms with Gasteiger partial charge in [-0.1, -0.05) is 18.2 Å². The maximum Gasteiger partial charge on any atom is 0.328 e. The molecule has 0 fully saturated rings. The van der Waals surface area contributed by atoms with Crippen LogP contribution in [-0.4, -0.2) is 38.2 Å². The average Bonchev–Trinajstić information content (AvgIpc) is 2.45. The summed E-state index contributed by atoms with van der Waals surface area (Å²) in [6.45, 7) is 2.00. The van der Waals surface area contributed by atoms with E-state index in [1.54, 1.807) is 25.1 Å². The van der Waals surface area contributed by atoms with Gasteiger partial charge < -0.3 is 14.8 Å². The molecule has 0 spiro atoms. The van der Waals surface area contributed by atoms with Crippen LogP contribution in [0, 0.1) is 5.82 Å². The lowest BCUT2D eigenvalue weighted by atomic mass is 10.1. The average molecular weight is 283 g/mol. The summed E-state index contributed by atoms with van der Waals surface area (Å²) in [6, 6.07) is 5.13. The number of hydrogen-bond acceptors (Lipinski definition) is 4. The van der Waals surface area contributed by atoms with Crippen molar-refractivity contribution >= 4 is 11.9 Å². The minimum absolute atomic E-state index is 0.0250. The topological polar surface area (TPSA) is 64.6 Å². The van der Waals surface area contributed by atoms with Crippen LogP contribution in [0.2, 0.25) is 0 Å². The van der Waals surface area contributed by atoms with Crippen LogP contribution in [-0.2, 0) is 25.5 Å². The largest absolute Gasteiger partial charge is 0.467 e. The molecule has 6 heteroatoms. The van der Waals surface area contributed by atoms with Crippen molar-refractivity contribution in [1.29, 1.82) is 0 Å². The van der Waals surface area contributed by atoms with Crippen LogP contribution in [0.15, 0.2) is 24.3 Å². The van der Waals surface area contributed by atoms with Crippen LogP contribution in [0.1, 0.15) is 12.5 Å². The van der Waals surface area contributed by atoms with E-state index >= 15 is 0 Å². The van der Waals surface area contributed by atoms with E-state index in [0.717, 1.165) is 0 Å². The first kappa shape index (κ1) is 16.1. The van der Waals surface area contributed by atoms with Gasteiger partial charge in [0.1, 0.15) is 18.5 Å². The Bertz CT molecular complexity index is 464. The number of esters is 1. The van der Waals surface area contributed by atoms with Gasteiger partial charge in [0.25, 0.3) is 0 Å². The molecule has 0 saturated heterocycles. The van der Waals surface area contributed by atoms with Gasteiger partial charge in [-0.2, -0.15) is 0 Å². The molecule has 0 radical (unpaired) electrons. The fourth-order valence-corrected chi connectivity index (χ4v) is 1.65. The van der Waals surface area contributed by atoms with Gasteiger partial charge in [-0.15, -0.1) is 0 Å². The number of hydrogen-bond donors (Lipinski definition) is 1. The highest BCUT2D eigenvalue weighted by Crippen LogP contribution is 2.10. The van der Waals surface area contributed by atoms with Crippen molar-refractivity contribution in [3.05, 3.63) is 35.6 Å². The van der Waals surface area contributed by atoms with Crippen molar-refractivity contribution in [3.63, 3.8) is 0 Å². The van der Waals surface area contributed by atoms with Crippen molar-refractivity contribution in [2.24, 2.45) is 0 Å². The summed E-state index contributed by atoms with van der Waals surface area (Å²) >= 11 is 0. The first-order chi connectivity index (χ1) is 9.58. The predicted molar refractivity (Wildman–Crippen MR) is 70.5 cm³/mol. The molecule has 5 nitrogen and oxygen atoms in total. The molecule has 0 unspecified atom stereocenters. The SMILES string of the molecule is CCOCC(=O)N[C@H](Cc1ccccc1F)C(=O)OC. The van der Waals surface area contributed by atoms with Crippen LogP contribution in [0.5, 0.6) is 0 Å². The van der Waals surface area contributed by atoms with Crippen molar-refractivity contribution in [3.8, 4) is 0 Å². The zero-order valence-electron chi connectivity index (χ0n) is 11.5. The third kappa shape index (κ3) is 4.97. The standard InChI is InChI=1S/C14H18FNO4/c1-3-20-9-13(17)16-12(14(18)19-2)8-10-6-4-5-7-11(10)15/h4-7,12H,3,8-9H2,1-2H3,(H,16,17)/t12-/m1/s1. The molecule has 1 aromatic carbocycles. The number of rotatable bonds is 7. The number of amides is 1. The van der Waals surface area contributed by atoms with Gasteiger partial charge in [-0.25, -0.2) is 9.18 Å². The molecular weight excluding hydrogens is 265 g/mol. The smallest absolute Gasteiger partial charge is 0.328 e. The van der Waals surface area contributed by atoms with E-state index in [9.17, 15) is 14.0 Å². The molecular formula is C14H18FNO4. The number of methoxy groups -OCH3 is 1. The Morgan fingerprint density at radius 2 is 2.05 bits per heavy atom. The molecule has 0 aromatic heterocycles. The van der Waals surface area contributed by atoms with Crippen LogP contribution in [0.4, 0.5) is 4.39 Å². The molecule has 0 aliphatic rings. The van der Waals surface area contributed by atoms with Crippen molar-refractivity contribution in [1.82, 2.24) is 5.32 Å². The maximum absolute atomic E-state index is 13.6. The van der Waals surface area contributed by atoms with Gasteiger partial charge in [0.05, 0.1) is 7.11 Å². The first-order valence-corrected chi connectivity index (χ1v) is 6.26. The second-order valence-electron chi connectivity index (χ2n) is 4.08. The van der Waals surface area contributed by atoms with E-state index in [2.05, 4.69) is 10.1 Å². The first-order valence-electron chi connectivity index (χ1n) is 6.26. The van der Waals surface area contributed by atoms with Crippen molar-refractivity contribution < 1.29 is 23.5 Å². The molecule has 0 bridgehead atoms. The summed E-state index contributed by atoms with van der Waals surface area (Å²) in [5.41, 5.74) is 0.333. The Hall–Kier alpha value is -1.95. The normalized spacial score (nSPS) is 11.8. The Balaban J connectivity index is 2.72. The number of halogens is 1. The van der Waals surface area contributed by atoms with Gasteiger partial charge in [0.2, 0.25) is 5.91 Å². The molecule has 0 aliphatic heterocycles. The van der Waals surface area contributed by atoms with Crippen LogP contribution >= 0.6 is 0 Å². The van der Waals surface area contributed by atoms with Crippen molar-refractivity contribution in [2.45, 2.75) is 19.4 Å². The van der Waals surface area contributed by atoms with Crippen molar-refractivity contribution in [2.75, 3.05) is 20.3 Å². The van der Waals surface area contributed by atoms with E-state index in [1.165, 1.54) is 13.2 Å². The minimum atomic E-state index is -0.940. The van der Waals surface area contributed by atoms with Crippen LogP contribution in [0.3, 0.4) is 0 Å². The highest BCUT2D eigenvalue weighted by atomic mass is 19.1. The zero-order chi connectivity index (χ0) is 15.0. The van der Waals surface area contributed by atoms with Gasteiger partial charge in [0, 0.05) is 13.0 Å². The van der Waals surface area contributed by atoms with E-state index in [0.29, 0.717) is 12.2 Å². The predicted octanol–water partition coefficient (Wildman–Crippen LogP) is 1.06. The third-order valence-corrected chi connectivity index (χ3v) is 2.64. The van der Waals surface area contributed by atoms with Gasteiger partial charge in [0.15, 0.2) is 0 Å². The molecule has 20 heavy (non-hydrogen) atoms. The summed E-state index contributed by atoms with van der Waals surface area (Å²) in [7, 11) is 1.21. The maximum atomic E-state index is 13.6. The Kier molecular flexibility index (Phi) is 6.66. The number of benzene rings is 1.